The molecule has 5 heteroatoms. The molecule has 128 valence electrons. The van der Waals surface area contributed by atoms with Crippen molar-refractivity contribution in [1.82, 2.24) is 4.98 Å². The van der Waals surface area contributed by atoms with Crippen LogP contribution in [0.1, 0.15) is 53.5 Å². The second-order valence-electron chi connectivity index (χ2n) is 6.88. The van der Waals surface area contributed by atoms with Gasteiger partial charge in [0.15, 0.2) is 5.69 Å². The number of aromatic nitrogens is 1. The van der Waals surface area contributed by atoms with Crippen LogP contribution >= 0.6 is 23.2 Å². The normalized spacial score (nSPS) is 11.5. The van der Waals surface area contributed by atoms with E-state index in [-0.39, 0.29) is 27.9 Å². The monoisotopic (exact) mass is 365 g/mol. The van der Waals surface area contributed by atoms with Crippen LogP contribution in [0.25, 0.3) is 0 Å². The lowest BCUT2D eigenvalue weighted by molar-refractivity contribution is 0.0464. The van der Waals surface area contributed by atoms with Crippen LogP contribution in [0, 0.1) is 13.8 Å². The SMILES string of the molecule is Cc1cc(C(C)(C)C)cc(C)c1COC(=O)c1nc(Cl)ccc1Cl. The Morgan fingerprint density at radius 1 is 1.12 bits per heavy atom. The van der Waals surface area contributed by atoms with Gasteiger partial charge in [0, 0.05) is 0 Å². The quantitative estimate of drug-likeness (QED) is 0.520. The smallest absolute Gasteiger partial charge is 0.358 e. The summed E-state index contributed by atoms with van der Waals surface area (Å²) in [5.41, 5.74) is 4.55. The summed E-state index contributed by atoms with van der Waals surface area (Å²) in [5, 5.41) is 0.425. The zero-order valence-electron chi connectivity index (χ0n) is 14.5. The van der Waals surface area contributed by atoms with Crippen molar-refractivity contribution in [3.63, 3.8) is 0 Å². The third-order valence-electron chi connectivity index (χ3n) is 3.92. The van der Waals surface area contributed by atoms with Gasteiger partial charge in [0.2, 0.25) is 0 Å². The van der Waals surface area contributed by atoms with Crippen molar-refractivity contribution in [3.8, 4) is 0 Å². The highest BCUT2D eigenvalue weighted by atomic mass is 35.5. The van der Waals surface area contributed by atoms with Gasteiger partial charge in [0.1, 0.15) is 11.8 Å². The van der Waals surface area contributed by atoms with Crippen molar-refractivity contribution in [2.45, 2.75) is 46.6 Å². The minimum atomic E-state index is -0.582. The zero-order valence-corrected chi connectivity index (χ0v) is 16.0. The van der Waals surface area contributed by atoms with Crippen molar-refractivity contribution in [2.75, 3.05) is 0 Å². The largest absolute Gasteiger partial charge is 0.456 e. The van der Waals surface area contributed by atoms with Gasteiger partial charge < -0.3 is 4.74 Å². The molecule has 0 bridgehead atoms. The predicted molar refractivity (Wildman–Crippen MR) is 98.0 cm³/mol. The van der Waals surface area contributed by atoms with Crippen LogP contribution < -0.4 is 0 Å². The van der Waals surface area contributed by atoms with Gasteiger partial charge in [0.05, 0.1) is 5.02 Å². The summed E-state index contributed by atoms with van der Waals surface area (Å²) in [7, 11) is 0. The molecule has 1 aromatic carbocycles. The van der Waals surface area contributed by atoms with Crippen LogP contribution in [0.4, 0.5) is 0 Å². The van der Waals surface area contributed by atoms with Crippen LogP contribution in [0.15, 0.2) is 24.3 Å². The molecule has 0 saturated heterocycles. The van der Waals surface area contributed by atoms with Crippen LogP contribution in [0.2, 0.25) is 10.2 Å². The molecule has 0 spiro atoms. The summed E-state index contributed by atoms with van der Waals surface area (Å²) in [6, 6.07) is 7.34. The molecule has 1 heterocycles. The molecule has 3 nitrogen and oxygen atoms in total. The standard InChI is InChI=1S/C19H21Cl2NO2/c1-11-8-13(19(3,4)5)9-12(2)14(11)10-24-18(23)17-15(20)6-7-16(21)22-17/h6-9H,10H2,1-5H3. The number of esters is 1. The van der Waals surface area contributed by atoms with E-state index in [9.17, 15) is 4.79 Å². The Hall–Kier alpha value is -1.58. The first-order chi connectivity index (χ1) is 11.1. The number of rotatable bonds is 3. The minimum Gasteiger partial charge on any atom is -0.456 e. The van der Waals surface area contributed by atoms with E-state index in [4.69, 9.17) is 27.9 Å². The Balaban J connectivity index is 2.20. The highest BCUT2D eigenvalue weighted by Gasteiger charge is 2.18. The molecule has 0 fully saturated rings. The number of pyridine rings is 1. The van der Waals surface area contributed by atoms with Gasteiger partial charge >= 0.3 is 5.97 Å². The molecule has 2 aromatic rings. The average Bonchev–Trinajstić information content (AvgIpc) is 2.47. The van der Waals surface area contributed by atoms with Gasteiger partial charge in [-0.15, -0.1) is 0 Å². The summed E-state index contributed by atoms with van der Waals surface area (Å²) in [6.07, 6.45) is 0. The first-order valence-electron chi connectivity index (χ1n) is 7.69. The third kappa shape index (κ3) is 4.28. The molecule has 0 atom stereocenters. The number of ether oxygens (including phenoxy) is 1. The van der Waals surface area contributed by atoms with Crippen molar-refractivity contribution in [2.24, 2.45) is 0 Å². The number of aryl methyl sites for hydroxylation is 2. The summed E-state index contributed by atoms with van der Waals surface area (Å²) in [5.74, 6) is -0.582. The van der Waals surface area contributed by atoms with Crippen LogP contribution in [-0.4, -0.2) is 11.0 Å². The van der Waals surface area contributed by atoms with Gasteiger partial charge in [0.25, 0.3) is 0 Å². The van der Waals surface area contributed by atoms with Crippen molar-refractivity contribution in [3.05, 3.63) is 62.4 Å². The van der Waals surface area contributed by atoms with Gasteiger partial charge in [-0.2, -0.15) is 0 Å². The molecule has 2 rings (SSSR count). The predicted octanol–water partition coefficient (Wildman–Crippen LogP) is 5.66. The Bertz CT molecular complexity index is 756. The molecule has 0 amide bonds. The van der Waals surface area contributed by atoms with Crippen LogP contribution in [0.5, 0.6) is 0 Å². The first kappa shape index (κ1) is 18.8. The zero-order chi connectivity index (χ0) is 18.1. The van der Waals surface area contributed by atoms with Crippen molar-refractivity contribution in [1.29, 1.82) is 0 Å². The average molecular weight is 366 g/mol. The van der Waals surface area contributed by atoms with Crippen molar-refractivity contribution < 1.29 is 9.53 Å². The number of halogens is 2. The van der Waals surface area contributed by atoms with Gasteiger partial charge in [-0.3, -0.25) is 0 Å². The highest BCUT2D eigenvalue weighted by molar-refractivity contribution is 6.34. The second-order valence-corrected chi connectivity index (χ2v) is 7.67. The van der Waals surface area contributed by atoms with E-state index in [1.54, 1.807) is 0 Å². The maximum Gasteiger partial charge on any atom is 0.358 e. The van der Waals surface area contributed by atoms with Gasteiger partial charge in [-0.05, 0) is 53.6 Å². The van der Waals surface area contributed by atoms with Crippen molar-refractivity contribution >= 4 is 29.2 Å². The maximum absolute atomic E-state index is 12.2. The summed E-state index contributed by atoms with van der Waals surface area (Å²) in [4.78, 5) is 16.1. The Kier molecular flexibility index (Phi) is 5.56. The summed E-state index contributed by atoms with van der Waals surface area (Å²) >= 11 is 11.8. The van der Waals surface area contributed by atoms with E-state index in [1.165, 1.54) is 17.7 Å². The lowest BCUT2D eigenvalue weighted by Gasteiger charge is -2.22. The number of carbonyl (C=O) groups is 1. The number of carbonyl (C=O) groups excluding carboxylic acids is 1. The van der Waals surface area contributed by atoms with E-state index in [1.807, 2.05) is 13.8 Å². The van der Waals surface area contributed by atoms with E-state index < -0.39 is 5.97 Å². The van der Waals surface area contributed by atoms with E-state index in [0.29, 0.717) is 0 Å². The fourth-order valence-corrected chi connectivity index (χ4v) is 2.75. The summed E-state index contributed by atoms with van der Waals surface area (Å²) in [6.45, 7) is 10.7. The summed E-state index contributed by atoms with van der Waals surface area (Å²) < 4.78 is 5.39. The first-order valence-corrected chi connectivity index (χ1v) is 8.45. The number of hydrogen-bond donors (Lipinski definition) is 0. The molecule has 0 aliphatic carbocycles. The van der Waals surface area contributed by atoms with E-state index >= 15 is 0 Å². The molecule has 0 aliphatic rings. The van der Waals surface area contributed by atoms with E-state index in [0.717, 1.165) is 16.7 Å². The number of benzene rings is 1. The molecule has 0 saturated carbocycles. The Labute approximate surface area is 153 Å². The second kappa shape index (κ2) is 7.12. The number of nitrogens with zero attached hydrogens (tertiary/aromatic N) is 1. The van der Waals surface area contributed by atoms with Gasteiger partial charge in [-0.25, -0.2) is 9.78 Å². The molecule has 0 radical (unpaired) electrons. The molecule has 0 N–H and O–H groups in total. The minimum absolute atomic E-state index is 0.0331. The number of hydrogen-bond acceptors (Lipinski definition) is 3. The molecular formula is C19H21Cl2NO2. The fraction of sp³-hybridized carbons (Fsp3) is 0.368. The molecule has 0 aliphatic heterocycles. The molecule has 1 aromatic heterocycles. The molecular weight excluding hydrogens is 345 g/mol. The fourth-order valence-electron chi connectivity index (χ4n) is 2.42. The Morgan fingerprint density at radius 3 is 2.25 bits per heavy atom. The van der Waals surface area contributed by atoms with Gasteiger partial charge in [-0.1, -0.05) is 56.1 Å². The lowest BCUT2D eigenvalue weighted by atomic mass is 9.84. The van der Waals surface area contributed by atoms with Crippen LogP contribution in [0.3, 0.4) is 0 Å². The molecule has 0 unspecified atom stereocenters. The third-order valence-corrected chi connectivity index (χ3v) is 4.43. The highest BCUT2D eigenvalue weighted by Crippen LogP contribution is 2.27. The maximum atomic E-state index is 12.2. The molecule has 24 heavy (non-hydrogen) atoms. The Morgan fingerprint density at radius 2 is 1.71 bits per heavy atom. The lowest BCUT2D eigenvalue weighted by Crippen LogP contribution is -2.14. The topological polar surface area (TPSA) is 39.2 Å². The van der Waals surface area contributed by atoms with E-state index in [2.05, 4.69) is 37.9 Å². The van der Waals surface area contributed by atoms with Crippen LogP contribution in [-0.2, 0) is 16.8 Å².